The molecule has 0 radical (unpaired) electrons. The summed E-state index contributed by atoms with van der Waals surface area (Å²) in [5, 5.41) is 5.47. The van der Waals surface area contributed by atoms with Gasteiger partial charge in [-0.3, -0.25) is 0 Å². The minimum atomic E-state index is 0.501. The Labute approximate surface area is 118 Å². The topological polar surface area (TPSA) is 46.6 Å². The van der Waals surface area contributed by atoms with Gasteiger partial charge in [0.15, 0.2) is 11.5 Å². The quantitative estimate of drug-likeness (QED) is 0.918. The van der Waals surface area contributed by atoms with Crippen molar-refractivity contribution in [1.29, 1.82) is 0 Å². The number of hydrogen-bond acceptors (Lipinski definition) is 5. The molecule has 0 atom stereocenters. The van der Waals surface area contributed by atoms with Crippen molar-refractivity contribution < 1.29 is 9.47 Å². The molecule has 2 aromatic rings. The third-order valence-corrected chi connectivity index (χ3v) is 3.89. The second kappa shape index (κ2) is 5.17. The van der Waals surface area contributed by atoms with Gasteiger partial charge in [0, 0.05) is 31.7 Å². The molecule has 0 unspecified atom stereocenters. The summed E-state index contributed by atoms with van der Waals surface area (Å²) in [6, 6.07) is 6.49. The van der Waals surface area contributed by atoms with Crippen molar-refractivity contribution in [3.05, 3.63) is 24.4 Å². The lowest BCUT2D eigenvalue weighted by atomic mass is 10.1. The number of likely N-dealkylation sites (N-methyl/N-ethyl adjacent to an activating group) is 1. The highest BCUT2D eigenvalue weighted by Gasteiger charge is 2.24. The third kappa shape index (κ3) is 2.04. The van der Waals surface area contributed by atoms with Gasteiger partial charge in [-0.05, 0) is 23.6 Å². The van der Waals surface area contributed by atoms with Gasteiger partial charge in [0.1, 0.15) is 5.82 Å². The number of methoxy groups -OCH3 is 2. The number of anilines is 1. The van der Waals surface area contributed by atoms with Gasteiger partial charge in [0.05, 0.1) is 20.3 Å². The van der Waals surface area contributed by atoms with Crippen LogP contribution in [0.1, 0.15) is 0 Å². The lowest BCUT2D eigenvalue weighted by molar-refractivity contribution is 0.356. The third-order valence-electron chi connectivity index (χ3n) is 3.89. The van der Waals surface area contributed by atoms with Gasteiger partial charge in [-0.1, -0.05) is 0 Å². The molecule has 1 aliphatic heterocycles. The Morgan fingerprint density at radius 1 is 1.20 bits per heavy atom. The Balaban J connectivity index is 2.12. The van der Waals surface area contributed by atoms with Crippen LogP contribution >= 0.6 is 0 Å². The van der Waals surface area contributed by atoms with E-state index in [1.54, 1.807) is 14.2 Å². The standard InChI is InChI=1S/C15H19N3O2/c1-18(11-8-16-9-11)15-12-7-14(20-3)13(19-2)6-10(12)4-5-17-15/h4-7,11,16H,8-9H2,1-3H3. The van der Waals surface area contributed by atoms with Crippen molar-refractivity contribution in [2.24, 2.45) is 0 Å². The van der Waals surface area contributed by atoms with E-state index in [1.165, 1.54) is 0 Å². The number of nitrogens with one attached hydrogen (secondary N) is 1. The first-order valence-electron chi connectivity index (χ1n) is 6.69. The van der Waals surface area contributed by atoms with Crippen LogP contribution in [0.5, 0.6) is 11.5 Å². The van der Waals surface area contributed by atoms with E-state index >= 15 is 0 Å². The highest BCUT2D eigenvalue weighted by molar-refractivity contribution is 5.94. The molecule has 0 bridgehead atoms. The summed E-state index contributed by atoms with van der Waals surface area (Å²) in [4.78, 5) is 6.77. The fourth-order valence-electron chi connectivity index (χ4n) is 2.49. The van der Waals surface area contributed by atoms with E-state index in [1.807, 2.05) is 24.4 Å². The number of rotatable bonds is 4. The summed E-state index contributed by atoms with van der Waals surface area (Å²) in [7, 11) is 5.39. The predicted molar refractivity (Wildman–Crippen MR) is 79.9 cm³/mol. The molecule has 1 N–H and O–H groups in total. The lowest BCUT2D eigenvalue weighted by Crippen LogP contribution is -2.56. The van der Waals surface area contributed by atoms with Crippen LogP contribution in [-0.4, -0.2) is 45.4 Å². The summed E-state index contributed by atoms with van der Waals surface area (Å²) < 4.78 is 10.8. The minimum absolute atomic E-state index is 0.501. The highest BCUT2D eigenvalue weighted by atomic mass is 16.5. The molecule has 2 heterocycles. The average molecular weight is 273 g/mol. The van der Waals surface area contributed by atoms with Crippen LogP contribution in [0, 0.1) is 0 Å². The Hall–Kier alpha value is -2.01. The summed E-state index contributed by atoms with van der Waals surface area (Å²) >= 11 is 0. The van der Waals surface area contributed by atoms with E-state index in [-0.39, 0.29) is 0 Å². The Morgan fingerprint density at radius 3 is 2.50 bits per heavy atom. The summed E-state index contributed by atoms with van der Waals surface area (Å²) in [5.74, 6) is 2.45. The van der Waals surface area contributed by atoms with Crippen molar-refractivity contribution in [2.45, 2.75) is 6.04 Å². The molecule has 1 aliphatic rings. The van der Waals surface area contributed by atoms with Crippen LogP contribution in [0.15, 0.2) is 24.4 Å². The molecular formula is C15H19N3O2. The van der Waals surface area contributed by atoms with Gasteiger partial charge < -0.3 is 19.7 Å². The van der Waals surface area contributed by atoms with Gasteiger partial charge in [-0.15, -0.1) is 0 Å². The normalized spacial score (nSPS) is 14.9. The minimum Gasteiger partial charge on any atom is -0.493 e. The Morgan fingerprint density at radius 2 is 1.90 bits per heavy atom. The summed E-state index contributed by atoms with van der Waals surface area (Å²) in [6.45, 7) is 2.00. The maximum absolute atomic E-state index is 5.40. The zero-order valence-electron chi connectivity index (χ0n) is 12.0. The number of aromatic nitrogens is 1. The van der Waals surface area contributed by atoms with Crippen molar-refractivity contribution in [2.75, 3.05) is 39.3 Å². The van der Waals surface area contributed by atoms with E-state index in [0.717, 1.165) is 41.2 Å². The van der Waals surface area contributed by atoms with Gasteiger partial charge >= 0.3 is 0 Å². The van der Waals surface area contributed by atoms with Gasteiger partial charge in [0.2, 0.25) is 0 Å². The number of fused-ring (bicyclic) bond motifs is 1. The Kier molecular flexibility index (Phi) is 3.36. The largest absolute Gasteiger partial charge is 0.493 e. The summed E-state index contributed by atoms with van der Waals surface area (Å²) in [5.41, 5.74) is 0. The first kappa shape index (κ1) is 13.0. The van der Waals surface area contributed by atoms with Gasteiger partial charge in [-0.2, -0.15) is 0 Å². The molecule has 0 saturated carbocycles. The van der Waals surface area contributed by atoms with Crippen LogP contribution in [0.3, 0.4) is 0 Å². The van der Waals surface area contributed by atoms with Crippen LogP contribution in [0.2, 0.25) is 0 Å². The summed E-state index contributed by atoms with van der Waals surface area (Å²) in [6.07, 6.45) is 1.84. The van der Waals surface area contributed by atoms with E-state index < -0.39 is 0 Å². The van der Waals surface area contributed by atoms with Crippen molar-refractivity contribution >= 4 is 16.6 Å². The second-order valence-corrected chi connectivity index (χ2v) is 4.99. The second-order valence-electron chi connectivity index (χ2n) is 4.99. The average Bonchev–Trinajstić information content (AvgIpc) is 2.43. The van der Waals surface area contributed by atoms with Crippen LogP contribution in [0.4, 0.5) is 5.82 Å². The van der Waals surface area contributed by atoms with Crippen LogP contribution in [-0.2, 0) is 0 Å². The number of pyridine rings is 1. The van der Waals surface area contributed by atoms with E-state index in [4.69, 9.17) is 9.47 Å². The number of benzene rings is 1. The highest BCUT2D eigenvalue weighted by Crippen LogP contribution is 2.35. The van der Waals surface area contributed by atoms with Gasteiger partial charge in [-0.25, -0.2) is 4.98 Å². The first-order chi connectivity index (χ1) is 9.74. The van der Waals surface area contributed by atoms with Crippen LogP contribution in [0.25, 0.3) is 10.8 Å². The predicted octanol–water partition coefficient (Wildman–Crippen LogP) is 1.66. The van der Waals surface area contributed by atoms with E-state index in [0.29, 0.717) is 6.04 Å². The molecule has 106 valence electrons. The molecule has 3 rings (SSSR count). The molecule has 5 heteroatoms. The van der Waals surface area contributed by atoms with E-state index in [2.05, 4.69) is 22.2 Å². The molecule has 1 aromatic heterocycles. The molecule has 0 amide bonds. The molecule has 1 aromatic carbocycles. The van der Waals surface area contributed by atoms with Crippen molar-refractivity contribution in [1.82, 2.24) is 10.3 Å². The van der Waals surface area contributed by atoms with Crippen molar-refractivity contribution in [3.63, 3.8) is 0 Å². The Bertz CT molecular complexity index is 626. The zero-order valence-corrected chi connectivity index (χ0v) is 12.0. The monoisotopic (exact) mass is 273 g/mol. The maximum atomic E-state index is 5.40. The number of hydrogen-bond donors (Lipinski definition) is 1. The fourth-order valence-corrected chi connectivity index (χ4v) is 2.49. The zero-order chi connectivity index (χ0) is 14.1. The molecule has 20 heavy (non-hydrogen) atoms. The van der Waals surface area contributed by atoms with Crippen LogP contribution < -0.4 is 19.7 Å². The molecule has 5 nitrogen and oxygen atoms in total. The molecule has 1 saturated heterocycles. The smallest absolute Gasteiger partial charge is 0.161 e. The fraction of sp³-hybridized carbons (Fsp3) is 0.400. The maximum Gasteiger partial charge on any atom is 0.161 e. The molecule has 0 aliphatic carbocycles. The van der Waals surface area contributed by atoms with Gasteiger partial charge in [0.25, 0.3) is 0 Å². The number of ether oxygens (including phenoxy) is 2. The van der Waals surface area contributed by atoms with Crippen molar-refractivity contribution in [3.8, 4) is 11.5 Å². The molecule has 0 spiro atoms. The van der Waals surface area contributed by atoms with E-state index in [9.17, 15) is 0 Å². The molecule has 1 fully saturated rings. The SMILES string of the molecule is COc1cc2ccnc(N(C)C3CNC3)c2cc1OC. The first-order valence-corrected chi connectivity index (χ1v) is 6.69. The molecular weight excluding hydrogens is 254 g/mol. The number of nitrogens with zero attached hydrogens (tertiary/aromatic N) is 2. The lowest BCUT2D eigenvalue weighted by Gasteiger charge is -2.36.